The largest absolute Gasteiger partial charge is 0.496 e. The Balaban J connectivity index is 0.00000392. The van der Waals surface area contributed by atoms with Crippen LogP contribution in [0.15, 0.2) is 47.5 Å². The van der Waals surface area contributed by atoms with Gasteiger partial charge >= 0.3 is 0 Å². The van der Waals surface area contributed by atoms with E-state index in [1.807, 2.05) is 19.1 Å². The van der Waals surface area contributed by atoms with Crippen molar-refractivity contribution in [3.05, 3.63) is 64.7 Å². The molecule has 0 fully saturated rings. The second-order valence-electron chi connectivity index (χ2n) is 6.31. The molecule has 0 unspecified atom stereocenters. The summed E-state index contributed by atoms with van der Waals surface area (Å²) in [4.78, 5) is 4.31. The van der Waals surface area contributed by atoms with Gasteiger partial charge in [-0.1, -0.05) is 36.4 Å². The highest BCUT2D eigenvalue weighted by Crippen LogP contribution is 2.19. The van der Waals surface area contributed by atoms with E-state index in [0.29, 0.717) is 13.2 Å². The van der Waals surface area contributed by atoms with Gasteiger partial charge in [-0.2, -0.15) is 0 Å². The fraction of sp³-hybridized carbons (Fsp3) is 0.409. The lowest BCUT2D eigenvalue weighted by atomic mass is 10.1. The highest BCUT2D eigenvalue weighted by Gasteiger charge is 2.04. The van der Waals surface area contributed by atoms with E-state index in [1.165, 1.54) is 16.7 Å². The van der Waals surface area contributed by atoms with E-state index in [2.05, 4.69) is 52.9 Å². The number of guanidine groups is 1. The van der Waals surface area contributed by atoms with Crippen molar-refractivity contribution in [3.8, 4) is 5.75 Å². The molecule has 2 rings (SSSR count). The molecule has 2 aromatic carbocycles. The van der Waals surface area contributed by atoms with Crippen molar-refractivity contribution in [1.29, 1.82) is 0 Å². The quantitative estimate of drug-likeness (QED) is 0.312. The van der Waals surface area contributed by atoms with E-state index in [4.69, 9.17) is 9.47 Å². The number of rotatable bonds is 9. The molecule has 0 aliphatic heterocycles. The molecule has 0 atom stereocenters. The fourth-order valence-electron chi connectivity index (χ4n) is 2.83. The van der Waals surface area contributed by atoms with E-state index in [0.717, 1.165) is 36.8 Å². The number of hydrogen-bond acceptors (Lipinski definition) is 3. The molecule has 0 spiro atoms. The van der Waals surface area contributed by atoms with Crippen molar-refractivity contribution in [1.82, 2.24) is 10.6 Å². The molecule has 2 aromatic rings. The van der Waals surface area contributed by atoms with Crippen molar-refractivity contribution in [2.75, 3.05) is 27.3 Å². The SMILES string of the molecule is CCOCc1ccccc1CNC(=NC)NCCc1ccc(C)c(OC)c1.I. The minimum Gasteiger partial charge on any atom is -0.496 e. The van der Waals surface area contributed by atoms with Crippen LogP contribution in [0, 0.1) is 6.92 Å². The van der Waals surface area contributed by atoms with E-state index in [9.17, 15) is 0 Å². The summed E-state index contributed by atoms with van der Waals surface area (Å²) >= 11 is 0. The average Bonchev–Trinajstić information content (AvgIpc) is 2.70. The van der Waals surface area contributed by atoms with E-state index in [-0.39, 0.29) is 24.0 Å². The third kappa shape index (κ3) is 7.67. The Morgan fingerprint density at radius 2 is 1.82 bits per heavy atom. The first-order valence-electron chi connectivity index (χ1n) is 9.40. The summed E-state index contributed by atoms with van der Waals surface area (Å²) in [6, 6.07) is 14.6. The van der Waals surface area contributed by atoms with Gasteiger partial charge in [-0.15, -0.1) is 24.0 Å². The summed E-state index contributed by atoms with van der Waals surface area (Å²) < 4.78 is 10.9. The number of halogens is 1. The van der Waals surface area contributed by atoms with Crippen LogP contribution in [-0.4, -0.2) is 33.3 Å². The molecule has 0 heterocycles. The predicted molar refractivity (Wildman–Crippen MR) is 127 cm³/mol. The standard InChI is InChI=1S/C22H31N3O2.HI/c1-5-27-16-20-9-7-6-8-19(20)15-25-22(23-3)24-13-12-18-11-10-17(2)21(14-18)26-4;/h6-11,14H,5,12-13,15-16H2,1-4H3,(H2,23,24,25);1H. The lowest BCUT2D eigenvalue weighted by Crippen LogP contribution is -2.38. The Morgan fingerprint density at radius 1 is 1.07 bits per heavy atom. The molecule has 0 saturated carbocycles. The molecule has 0 bridgehead atoms. The van der Waals surface area contributed by atoms with E-state index < -0.39 is 0 Å². The molecule has 28 heavy (non-hydrogen) atoms. The number of nitrogens with zero attached hydrogens (tertiary/aromatic N) is 1. The second-order valence-corrected chi connectivity index (χ2v) is 6.31. The topological polar surface area (TPSA) is 54.9 Å². The third-order valence-electron chi connectivity index (χ3n) is 4.43. The van der Waals surface area contributed by atoms with Gasteiger partial charge in [0.15, 0.2) is 5.96 Å². The number of methoxy groups -OCH3 is 1. The summed E-state index contributed by atoms with van der Waals surface area (Å²) in [7, 11) is 3.50. The van der Waals surface area contributed by atoms with Gasteiger partial charge in [0.05, 0.1) is 13.7 Å². The molecule has 6 heteroatoms. The first-order valence-corrected chi connectivity index (χ1v) is 9.40. The summed E-state index contributed by atoms with van der Waals surface area (Å²) in [6.45, 7) is 6.92. The first-order chi connectivity index (χ1) is 13.2. The number of aryl methyl sites for hydroxylation is 1. The molecule has 0 aliphatic rings. The maximum atomic E-state index is 5.55. The van der Waals surface area contributed by atoms with Crippen molar-refractivity contribution in [2.45, 2.75) is 33.4 Å². The summed E-state index contributed by atoms with van der Waals surface area (Å²) in [5, 5.41) is 6.75. The van der Waals surface area contributed by atoms with Gasteiger partial charge in [-0.05, 0) is 48.6 Å². The van der Waals surface area contributed by atoms with Crippen LogP contribution in [0.2, 0.25) is 0 Å². The monoisotopic (exact) mass is 497 g/mol. The Bertz CT molecular complexity index is 750. The smallest absolute Gasteiger partial charge is 0.191 e. The zero-order chi connectivity index (χ0) is 19.5. The second kappa shape index (κ2) is 13.4. The first kappa shape index (κ1) is 24.2. The van der Waals surface area contributed by atoms with Gasteiger partial charge in [0.1, 0.15) is 5.75 Å². The number of hydrogen-bond donors (Lipinski definition) is 2. The molecule has 2 N–H and O–H groups in total. The predicted octanol–water partition coefficient (Wildman–Crippen LogP) is 4.07. The Labute approximate surface area is 186 Å². The number of nitrogens with one attached hydrogen (secondary N) is 2. The van der Waals surface area contributed by atoms with Crippen LogP contribution in [0.4, 0.5) is 0 Å². The van der Waals surface area contributed by atoms with Crippen molar-refractivity contribution >= 4 is 29.9 Å². The van der Waals surface area contributed by atoms with Gasteiger partial charge in [-0.3, -0.25) is 4.99 Å². The van der Waals surface area contributed by atoms with Gasteiger partial charge in [0.25, 0.3) is 0 Å². The number of benzene rings is 2. The molecule has 154 valence electrons. The summed E-state index contributed by atoms with van der Waals surface area (Å²) in [6.07, 6.45) is 0.901. The molecule has 5 nitrogen and oxygen atoms in total. The Kier molecular flexibility index (Phi) is 11.6. The zero-order valence-corrected chi connectivity index (χ0v) is 19.6. The van der Waals surface area contributed by atoms with Crippen LogP contribution in [0.5, 0.6) is 5.75 Å². The van der Waals surface area contributed by atoms with Crippen LogP contribution >= 0.6 is 24.0 Å². The van der Waals surface area contributed by atoms with Gasteiger partial charge < -0.3 is 20.1 Å². The van der Waals surface area contributed by atoms with Gasteiger partial charge in [0, 0.05) is 26.7 Å². The molecular weight excluding hydrogens is 465 g/mol. The van der Waals surface area contributed by atoms with E-state index >= 15 is 0 Å². The van der Waals surface area contributed by atoms with Gasteiger partial charge in [0.2, 0.25) is 0 Å². The van der Waals surface area contributed by atoms with E-state index in [1.54, 1.807) is 14.2 Å². The highest BCUT2D eigenvalue weighted by molar-refractivity contribution is 14.0. The van der Waals surface area contributed by atoms with Crippen molar-refractivity contribution < 1.29 is 9.47 Å². The highest BCUT2D eigenvalue weighted by atomic mass is 127. The molecule has 0 aromatic heterocycles. The number of ether oxygens (including phenoxy) is 2. The maximum Gasteiger partial charge on any atom is 0.191 e. The molecule has 0 saturated heterocycles. The molecule has 0 radical (unpaired) electrons. The van der Waals surface area contributed by atoms with Crippen LogP contribution < -0.4 is 15.4 Å². The summed E-state index contributed by atoms with van der Waals surface area (Å²) in [5.41, 5.74) is 4.81. The third-order valence-corrected chi connectivity index (χ3v) is 4.43. The Hall–Kier alpha value is -1.80. The van der Waals surface area contributed by atoms with Gasteiger partial charge in [-0.25, -0.2) is 0 Å². The molecule has 0 aliphatic carbocycles. The van der Waals surface area contributed by atoms with Crippen molar-refractivity contribution in [3.63, 3.8) is 0 Å². The lowest BCUT2D eigenvalue weighted by molar-refractivity contribution is 0.133. The maximum absolute atomic E-state index is 5.55. The fourth-order valence-corrected chi connectivity index (χ4v) is 2.83. The van der Waals surface area contributed by atoms with Crippen LogP contribution in [0.3, 0.4) is 0 Å². The minimum atomic E-state index is 0. The van der Waals surface area contributed by atoms with Crippen LogP contribution in [0.1, 0.15) is 29.2 Å². The zero-order valence-electron chi connectivity index (χ0n) is 17.2. The normalized spacial score (nSPS) is 10.9. The van der Waals surface area contributed by atoms with Crippen LogP contribution in [-0.2, 0) is 24.3 Å². The lowest BCUT2D eigenvalue weighted by Gasteiger charge is -2.14. The average molecular weight is 497 g/mol. The summed E-state index contributed by atoms with van der Waals surface area (Å²) in [5.74, 6) is 1.72. The Morgan fingerprint density at radius 3 is 2.50 bits per heavy atom. The molecular formula is C22H32IN3O2. The van der Waals surface area contributed by atoms with Crippen LogP contribution in [0.25, 0.3) is 0 Å². The number of aliphatic imine (C=N–C) groups is 1. The van der Waals surface area contributed by atoms with Crippen molar-refractivity contribution in [2.24, 2.45) is 4.99 Å². The molecule has 0 amide bonds. The minimum absolute atomic E-state index is 0.